The maximum Gasteiger partial charge on any atom is 0.264 e. The number of thiazole rings is 1. The summed E-state index contributed by atoms with van der Waals surface area (Å²) in [5.41, 5.74) is 0.258. The Bertz CT molecular complexity index is 1190. The molecule has 3 aromatic heterocycles. The minimum absolute atomic E-state index is 0.179. The van der Waals surface area contributed by atoms with Gasteiger partial charge in [-0.2, -0.15) is 5.10 Å². The number of halogens is 2. The summed E-state index contributed by atoms with van der Waals surface area (Å²) >= 11 is 1.00. The highest BCUT2D eigenvalue weighted by atomic mass is 32.1. The smallest absolute Gasteiger partial charge is 0.264 e. The third-order valence-electron chi connectivity index (χ3n) is 3.71. The summed E-state index contributed by atoms with van der Waals surface area (Å²) in [5, 5.41) is 6.95. The van der Waals surface area contributed by atoms with Gasteiger partial charge in [0.05, 0.1) is 16.4 Å². The molecule has 0 unspecified atom stereocenters. The first-order valence-electron chi connectivity index (χ1n) is 7.35. The Morgan fingerprint density at radius 3 is 2.88 bits per heavy atom. The van der Waals surface area contributed by atoms with Gasteiger partial charge in [0.1, 0.15) is 18.3 Å². The van der Waals surface area contributed by atoms with Gasteiger partial charge < -0.3 is 5.32 Å². The highest BCUT2D eigenvalue weighted by Crippen LogP contribution is 2.27. The van der Waals surface area contributed by atoms with Crippen molar-refractivity contribution < 1.29 is 13.6 Å². The number of rotatable bonds is 3. The predicted molar refractivity (Wildman–Crippen MR) is 90.9 cm³/mol. The Kier molecular flexibility index (Phi) is 3.72. The molecule has 3 heterocycles. The average molecular weight is 376 g/mol. The summed E-state index contributed by atoms with van der Waals surface area (Å²) < 4.78 is 29.5. The van der Waals surface area contributed by atoms with Crippen molar-refractivity contribution >= 4 is 43.6 Å². The van der Waals surface area contributed by atoms with Gasteiger partial charge in [-0.05, 0) is 6.07 Å². The molecule has 8 nitrogen and oxygen atoms in total. The van der Waals surface area contributed by atoms with Crippen LogP contribution in [-0.4, -0.2) is 30.2 Å². The van der Waals surface area contributed by atoms with Crippen LogP contribution in [0, 0.1) is 11.6 Å². The molecule has 0 saturated carbocycles. The first kappa shape index (κ1) is 16.3. The van der Waals surface area contributed by atoms with Crippen LogP contribution in [0.4, 0.5) is 13.9 Å². The molecule has 0 aliphatic rings. The third kappa shape index (κ3) is 2.71. The van der Waals surface area contributed by atoms with E-state index in [1.807, 2.05) is 0 Å². The fourth-order valence-corrected chi connectivity index (χ4v) is 3.36. The molecule has 4 rings (SSSR count). The molecule has 1 amide bonds. The van der Waals surface area contributed by atoms with Crippen molar-refractivity contribution in [2.75, 3.05) is 5.32 Å². The number of fused-ring (bicyclic) bond motifs is 2. The summed E-state index contributed by atoms with van der Waals surface area (Å²) in [6.07, 6.45) is 2.64. The van der Waals surface area contributed by atoms with Crippen LogP contribution in [-0.2, 0) is 18.4 Å². The summed E-state index contributed by atoms with van der Waals surface area (Å²) in [6.45, 7) is -0.282. The lowest BCUT2D eigenvalue weighted by atomic mass is 10.3. The first-order chi connectivity index (χ1) is 12.4. The molecular weight excluding hydrogens is 366 g/mol. The van der Waals surface area contributed by atoms with Gasteiger partial charge in [-0.25, -0.2) is 18.7 Å². The number of aryl methyl sites for hydroxylation is 1. The van der Waals surface area contributed by atoms with E-state index >= 15 is 0 Å². The van der Waals surface area contributed by atoms with Crippen molar-refractivity contribution in [1.82, 2.24) is 24.3 Å². The fourth-order valence-electron chi connectivity index (χ4n) is 2.47. The van der Waals surface area contributed by atoms with E-state index in [0.29, 0.717) is 15.7 Å². The van der Waals surface area contributed by atoms with Crippen LogP contribution in [0.2, 0.25) is 0 Å². The molecule has 0 fully saturated rings. The molecule has 1 N–H and O–H groups in total. The number of anilines is 1. The summed E-state index contributed by atoms with van der Waals surface area (Å²) in [7, 11) is 1.66. The average Bonchev–Trinajstić information content (AvgIpc) is 3.14. The lowest BCUT2D eigenvalue weighted by Gasteiger charge is -2.05. The van der Waals surface area contributed by atoms with E-state index in [9.17, 15) is 18.4 Å². The van der Waals surface area contributed by atoms with Crippen molar-refractivity contribution in [3.05, 3.63) is 46.6 Å². The van der Waals surface area contributed by atoms with Gasteiger partial charge in [-0.15, -0.1) is 0 Å². The number of carbonyl (C=O) groups is 1. The van der Waals surface area contributed by atoms with Crippen molar-refractivity contribution in [3.63, 3.8) is 0 Å². The number of benzene rings is 1. The molecule has 4 aromatic rings. The largest absolute Gasteiger partial charge is 0.300 e. The van der Waals surface area contributed by atoms with E-state index in [1.54, 1.807) is 7.05 Å². The van der Waals surface area contributed by atoms with E-state index in [2.05, 4.69) is 20.4 Å². The zero-order valence-electron chi connectivity index (χ0n) is 13.2. The molecule has 0 aliphatic carbocycles. The maximum atomic E-state index is 13.2. The molecule has 1 aromatic carbocycles. The summed E-state index contributed by atoms with van der Waals surface area (Å²) in [4.78, 5) is 32.7. The second-order valence-electron chi connectivity index (χ2n) is 5.48. The van der Waals surface area contributed by atoms with Crippen LogP contribution in [0.1, 0.15) is 0 Å². The van der Waals surface area contributed by atoms with Gasteiger partial charge in [0.15, 0.2) is 22.4 Å². The molecule has 132 valence electrons. The summed E-state index contributed by atoms with van der Waals surface area (Å²) in [5.74, 6) is -2.51. The van der Waals surface area contributed by atoms with Gasteiger partial charge in [0.2, 0.25) is 5.91 Å². The van der Waals surface area contributed by atoms with E-state index in [0.717, 1.165) is 28.0 Å². The van der Waals surface area contributed by atoms with Gasteiger partial charge in [0, 0.05) is 13.1 Å². The van der Waals surface area contributed by atoms with Crippen LogP contribution in [0.5, 0.6) is 0 Å². The zero-order chi connectivity index (χ0) is 18.4. The molecule has 26 heavy (non-hydrogen) atoms. The monoisotopic (exact) mass is 376 g/mol. The molecule has 11 heteroatoms. The van der Waals surface area contributed by atoms with Crippen LogP contribution < -0.4 is 10.9 Å². The SMILES string of the molecule is Cn1ncc2c(=O)n(CC(=O)Nc3nc4cc(F)c(F)cc4s3)cnc21. The first-order valence-corrected chi connectivity index (χ1v) is 8.16. The quantitative estimate of drug-likeness (QED) is 0.587. The van der Waals surface area contributed by atoms with Gasteiger partial charge >= 0.3 is 0 Å². The topological polar surface area (TPSA) is 94.7 Å². The Morgan fingerprint density at radius 1 is 1.31 bits per heavy atom. The van der Waals surface area contributed by atoms with E-state index in [4.69, 9.17) is 0 Å². The fraction of sp³-hybridized carbons (Fsp3) is 0.133. The normalized spacial score (nSPS) is 11.3. The van der Waals surface area contributed by atoms with Crippen molar-refractivity contribution in [3.8, 4) is 0 Å². The molecule has 0 aliphatic heterocycles. The van der Waals surface area contributed by atoms with Gasteiger partial charge in [0.25, 0.3) is 5.56 Å². The number of nitrogens with one attached hydrogen (secondary N) is 1. The molecule has 0 atom stereocenters. The van der Waals surface area contributed by atoms with Crippen molar-refractivity contribution in [1.29, 1.82) is 0 Å². The highest BCUT2D eigenvalue weighted by molar-refractivity contribution is 7.22. The number of aromatic nitrogens is 5. The molecule has 0 spiro atoms. The number of nitrogens with zero attached hydrogens (tertiary/aromatic N) is 5. The lowest BCUT2D eigenvalue weighted by molar-refractivity contribution is -0.116. The number of hydrogen-bond donors (Lipinski definition) is 1. The number of carbonyl (C=O) groups excluding carboxylic acids is 1. The van der Waals surface area contributed by atoms with Crippen molar-refractivity contribution in [2.45, 2.75) is 6.54 Å². The predicted octanol–water partition coefficient (Wildman–Crippen LogP) is 1.66. The minimum Gasteiger partial charge on any atom is -0.300 e. The van der Waals surface area contributed by atoms with Crippen molar-refractivity contribution in [2.24, 2.45) is 7.05 Å². The standard InChI is InChI=1S/C15H10F2N6O2S/c1-22-13-7(4-19-22)14(25)23(6-18-13)5-12(24)21-15-20-10-2-8(16)9(17)3-11(10)26-15/h2-4,6H,5H2,1H3,(H,20,21,24). The second-order valence-corrected chi connectivity index (χ2v) is 6.51. The van der Waals surface area contributed by atoms with E-state index in [1.165, 1.54) is 17.2 Å². The van der Waals surface area contributed by atoms with Crippen LogP contribution in [0.25, 0.3) is 21.3 Å². The Morgan fingerprint density at radius 2 is 2.08 bits per heavy atom. The second kappa shape index (κ2) is 5.95. The van der Waals surface area contributed by atoms with Crippen LogP contribution in [0.15, 0.2) is 29.5 Å². The summed E-state index contributed by atoms with van der Waals surface area (Å²) in [6, 6.07) is 1.98. The highest BCUT2D eigenvalue weighted by Gasteiger charge is 2.14. The molecular formula is C15H10F2N6O2S. The maximum absolute atomic E-state index is 13.2. The lowest BCUT2D eigenvalue weighted by Crippen LogP contribution is -2.27. The van der Waals surface area contributed by atoms with Crippen LogP contribution >= 0.6 is 11.3 Å². The number of amides is 1. The molecule has 0 saturated heterocycles. The Balaban J connectivity index is 1.57. The molecule has 0 radical (unpaired) electrons. The van der Waals surface area contributed by atoms with Gasteiger partial charge in [-0.1, -0.05) is 11.3 Å². The Labute approximate surface area is 147 Å². The van der Waals surface area contributed by atoms with Crippen LogP contribution in [0.3, 0.4) is 0 Å². The molecule has 0 bridgehead atoms. The van der Waals surface area contributed by atoms with E-state index < -0.39 is 23.1 Å². The third-order valence-corrected chi connectivity index (χ3v) is 4.64. The van der Waals surface area contributed by atoms with E-state index in [-0.39, 0.29) is 17.2 Å². The van der Waals surface area contributed by atoms with Gasteiger partial charge in [-0.3, -0.25) is 18.8 Å². The number of hydrogen-bond acceptors (Lipinski definition) is 6. The Hall–Kier alpha value is -3.21. The zero-order valence-corrected chi connectivity index (χ0v) is 14.0. The minimum atomic E-state index is -1.01.